The second-order valence-corrected chi connectivity index (χ2v) is 1.33. The van der Waals surface area contributed by atoms with Crippen LogP contribution < -0.4 is 0 Å². The van der Waals surface area contributed by atoms with Gasteiger partial charge in [0.2, 0.25) is 5.83 Å². The van der Waals surface area contributed by atoms with Crippen molar-refractivity contribution in [2.75, 3.05) is 0 Å². The highest BCUT2D eigenvalue weighted by atomic mass is 19.3. The van der Waals surface area contributed by atoms with Crippen molar-refractivity contribution in [1.29, 1.82) is 0 Å². The Morgan fingerprint density at radius 3 is 1.80 bits per heavy atom. The van der Waals surface area contributed by atoms with Crippen LogP contribution in [0.15, 0.2) is 5.83 Å². The number of hydrogen-bond donors (Lipinski definition) is 0. The summed E-state index contributed by atoms with van der Waals surface area (Å²) >= 11 is 0. The summed E-state index contributed by atoms with van der Waals surface area (Å²) in [5.74, 6) is -7.95. The first-order valence-corrected chi connectivity index (χ1v) is 1.98. The molecule has 0 aromatic rings. The first-order chi connectivity index (χ1) is 4.42. The van der Waals surface area contributed by atoms with Gasteiger partial charge in [-0.05, 0) is 0 Å². The lowest BCUT2D eigenvalue weighted by Crippen LogP contribution is -2.26. The maximum Gasteiger partial charge on any atom is 0.361 e. The van der Waals surface area contributed by atoms with Gasteiger partial charge in [0, 0.05) is 0 Å². The van der Waals surface area contributed by atoms with E-state index in [-0.39, 0.29) is 6.33 Å². The van der Waals surface area contributed by atoms with Crippen molar-refractivity contribution in [3.63, 3.8) is 0 Å². The van der Waals surface area contributed by atoms with E-state index < -0.39 is 18.2 Å². The predicted octanol–water partition coefficient (Wildman–Crippen LogP) is 2.47. The molecule has 6 heteroatoms. The van der Waals surface area contributed by atoms with Gasteiger partial charge in [0.1, 0.15) is 0 Å². The molecule has 0 aromatic carbocycles. The van der Waals surface area contributed by atoms with Crippen molar-refractivity contribution in [3.05, 3.63) is 12.2 Å². The van der Waals surface area contributed by atoms with E-state index in [2.05, 4.69) is 0 Å². The van der Waals surface area contributed by atoms with Crippen molar-refractivity contribution in [1.82, 2.24) is 0 Å². The van der Waals surface area contributed by atoms with E-state index in [1.807, 2.05) is 0 Å². The molecule has 0 spiro atoms. The van der Waals surface area contributed by atoms with E-state index in [0.29, 0.717) is 0 Å². The largest absolute Gasteiger partial charge is 0.361 e. The smallest absolute Gasteiger partial charge is 0.203 e. The molecule has 0 saturated carbocycles. The third kappa shape index (κ3) is 1.65. The summed E-state index contributed by atoms with van der Waals surface area (Å²) < 4.78 is 67.1. The van der Waals surface area contributed by atoms with Crippen LogP contribution in [0.5, 0.6) is 0 Å². The van der Waals surface area contributed by atoms with Crippen molar-refractivity contribution in [2.24, 2.45) is 0 Å². The fourth-order valence-electron chi connectivity index (χ4n) is 0.159. The second-order valence-electron chi connectivity index (χ2n) is 1.33. The molecule has 0 aliphatic heterocycles. The molecule has 0 aliphatic carbocycles. The van der Waals surface area contributed by atoms with Gasteiger partial charge in [0.15, 0.2) is 6.33 Å². The van der Waals surface area contributed by atoms with Gasteiger partial charge in [0.25, 0.3) is 0 Å². The molecule has 0 saturated heterocycles. The van der Waals surface area contributed by atoms with Gasteiger partial charge >= 0.3 is 12.3 Å². The Labute approximate surface area is 52.1 Å². The van der Waals surface area contributed by atoms with Crippen molar-refractivity contribution < 1.29 is 26.3 Å². The van der Waals surface area contributed by atoms with Crippen LogP contribution in [0, 0.1) is 6.33 Å². The molecule has 0 N–H and O–H groups in total. The monoisotopic (exact) mass is 163 g/mol. The van der Waals surface area contributed by atoms with E-state index in [4.69, 9.17) is 0 Å². The third-order valence-electron chi connectivity index (χ3n) is 0.650. The van der Waals surface area contributed by atoms with Gasteiger partial charge in [-0.25, -0.2) is 17.6 Å². The Hall–Kier alpha value is -0.680. The van der Waals surface area contributed by atoms with Crippen molar-refractivity contribution in [2.45, 2.75) is 12.3 Å². The molecule has 0 atom stereocenters. The zero-order chi connectivity index (χ0) is 8.36. The Kier molecular flexibility index (Phi) is 2.74. The predicted molar refractivity (Wildman–Crippen MR) is 19.9 cm³/mol. The molecule has 1 radical (unpaired) electrons. The second kappa shape index (κ2) is 2.94. The number of hydrogen-bond acceptors (Lipinski definition) is 0. The van der Waals surface area contributed by atoms with Gasteiger partial charge in [-0.3, -0.25) is 0 Å². The minimum absolute atomic E-state index is 0.193. The van der Waals surface area contributed by atoms with Crippen LogP contribution in [0.25, 0.3) is 0 Å². The molecule has 0 bridgehead atoms. The number of alkyl halides is 4. The van der Waals surface area contributed by atoms with E-state index in [9.17, 15) is 26.3 Å². The summed E-state index contributed by atoms with van der Waals surface area (Å²) in [5.41, 5.74) is 0. The molecule has 0 unspecified atom stereocenters. The van der Waals surface area contributed by atoms with E-state index in [0.717, 1.165) is 0 Å². The van der Waals surface area contributed by atoms with Crippen molar-refractivity contribution in [3.8, 4) is 0 Å². The third-order valence-corrected chi connectivity index (χ3v) is 0.650. The van der Waals surface area contributed by atoms with Crippen molar-refractivity contribution >= 4 is 0 Å². The molecule has 0 aromatic heterocycles. The van der Waals surface area contributed by atoms with Crippen LogP contribution in [0.4, 0.5) is 26.3 Å². The van der Waals surface area contributed by atoms with Gasteiger partial charge in [-0.2, -0.15) is 8.78 Å². The lowest BCUT2D eigenvalue weighted by atomic mass is 10.3. The summed E-state index contributed by atoms with van der Waals surface area (Å²) in [4.78, 5) is 0. The topological polar surface area (TPSA) is 0 Å². The number of allylic oxidation sites excluding steroid dienone is 1. The van der Waals surface area contributed by atoms with Crippen LogP contribution in [0.1, 0.15) is 0 Å². The normalized spacial score (nSPS) is 14.5. The summed E-state index contributed by atoms with van der Waals surface area (Å²) in [6.07, 6.45) is -4.45. The minimum atomic E-state index is -5.06. The van der Waals surface area contributed by atoms with Crippen LogP contribution in [0.3, 0.4) is 0 Å². The molecular weight excluding hydrogens is 162 g/mol. The molecule has 0 heterocycles. The lowest BCUT2D eigenvalue weighted by molar-refractivity contribution is -0.114. The molecule has 0 aliphatic rings. The maximum atomic E-state index is 11.5. The van der Waals surface area contributed by atoms with E-state index in [1.165, 1.54) is 0 Å². The number of rotatable bonds is 2. The molecular formula is C4HF6. The zero-order valence-electron chi connectivity index (χ0n) is 4.35. The maximum absolute atomic E-state index is 11.5. The lowest BCUT2D eigenvalue weighted by Gasteiger charge is -2.10. The van der Waals surface area contributed by atoms with Crippen LogP contribution in [-0.4, -0.2) is 12.3 Å². The molecule has 59 valence electrons. The average Bonchev–Trinajstić information content (AvgIpc) is 1.86. The summed E-state index contributed by atoms with van der Waals surface area (Å²) in [6, 6.07) is 0. The molecule has 0 amide bonds. The minimum Gasteiger partial charge on any atom is -0.203 e. The van der Waals surface area contributed by atoms with Gasteiger partial charge in [-0.1, -0.05) is 0 Å². The highest BCUT2D eigenvalue weighted by Gasteiger charge is 2.46. The fourth-order valence-corrected chi connectivity index (χ4v) is 0.159. The van der Waals surface area contributed by atoms with Gasteiger partial charge < -0.3 is 0 Å². The highest BCUT2D eigenvalue weighted by Crippen LogP contribution is 2.31. The Morgan fingerprint density at radius 2 is 1.70 bits per heavy atom. The zero-order valence-corrected chi connectivity index (χ0v) is 4.35. The van der Waals surface area contributed by atoms with E-state index in [1.54, 1.807) is 0 Å². The van der Waals surface area contributed by atoms with Crippen LogP contribution >= 0.6 is 0 Å². The summed E-state index contributed by atoms with van der Waals surface area (Å²) in [6.45, 7) is 0. The van der Waals surface area contributed by atoms with Crippen LogP contribution in [-0.2, 0) is 0 Å². The Balaban J connectivity index is 4.40. The van der Waals surface area contributed by atoms with Crippen LogP contribution in [0.2, 0.25) is 0 Å². The molecule has 0 nitrogen and oxygen atoms in total. The van der Waals surface area contributed by atoms with E-state index >= 15 is 0 Å². The standard InChI is InChI=1S/C4HF6/c5-1-2(6)4(9,10)3(7)8/h3H. The summed E-state index contributed by atoms with van der Waals surface area (Å²) in [7, 11) is 0. The summed E-state index contributed by atoms with van der Waals surface area (Å²) in [5, 5.41) is 0. The molecule has 0 fully saturated rings. The van der Waals surface area contributed by atoms with Gasteiger partial charge in [0.05, 0.1) is 0 Å². The quantitative estimate of drug-likeness (QED) is 0.548. The molecule has 10 heavy (non-hydrogen) atoms. The highest BCUT2D eigenvalue weighted by molar-refractivity contribution is 4.98. The Morgan fingerprint density at radius 1 is 1.30 bits per heavy atom. The molecule has 0 rings (SSSR count). The van der Waals surface area contributed by atoms with Gasteiger partial charge in [-0.15, -0.1) is 0 Å². The first-order valence-electron chi connectivity index (χ1n) is 1.98. The number of halogens is 6. The Bertz CT molecular complexity index is 137. The first kappa shape index (κ1) is 9.32. The fraction of sp³-hybridized carbons (Fsp3) is 0.500. The average molecular weight is 163 g/mol. The SMILES string of the molecule is F/[C]=C(/F)C(F)(F)C(F)F.